The van der Waals surface area contributed by atoms with Gasteiger partial charge in [-0.25, -0.2) is 9.59 Å². The zero-order chi connectivity index (χ0) is 25.0. The van der Waals surface area contributed by atoms with Crippen molar-refractivity contribution in [1.29, 1.82) is 0 Å². The van der Waals surface area contributed by atoms with E-state index in [4.69, 9.17) is 32.7 Å². The quantitative estimate of drug-likeness (QED) is 0.450. The minimum absolute atomic E-state index is 0.0254. The molecule has 0 radical (unpaired) electrons. The molecule has 0 saturated carbocycles. The Labute approximate surface area is 210 Å². The molecule has 0 aromatic heterocycles. The topological polar surface area (TPSA) is 67.9 Å². The molecule has 2 aromatic rings. The van der Waals surface area contributed by atoms with Crippen LogP contribution in [0.5, 0.6) is 5.75 Å². The number of carbonyl (C=O) groups is 2. The Bertz CT molecular complexity index is 1090. The molecule has 1 atom stereocenters. The van der Waals surface area contributed by atoms with Gasteiger partial charge in [-0.1, -0.05) is 68.2 Å². The lowest BCUT2D eigenvalue weighted by atomic mass is 9.85. The normalized spacial score (nSPS) is 16.4. The Hall–Kier alpha value is -2.70. The molecule has 1 N–H and O–H groups in total. The van der Waals surface area contributed by atoms with Crippen LogP contribution in [0, 0.1) is 0 Å². The van der Waals surface area contributed by atoms with Crippen LogP contribution < -0.4 is 10.1 Å². The highest BCUT2D eigenvalue weighted by Gasteiger charge is 2.38. The third-order valence-electron chi connectivity index (χ3n) is 5.62. The van der Waals surface area contributed by atoms with E-state index < -0.39 is 12.0 Å². The SMILES string of the molecule is CCOC(=O)C1=C(COc2cc(Cl)ccc2Cl)N(CC)C(=O)NC1c1ccc(C(C)(C)C)cc1. The lowest BCUT2D eigenvalue weighted by Crippen LogP contribution is -2.49. The maximum Gasteiger partial charge on any atom is 0.338 e. The van der Waals surface area contributed by atoms with Gasteiger partial charge in [-0.05, 0) is 42.5 Å². The molecule has 1 unspecified atom stereocenters. The first-order valence-electron chi connectivity index (χ1n) is 11.2. The fourth-order valence-corrected chi connectivity index (χ4v) is 4.14. The van der Waals surface area contributed by atoms with Crippen LogP contribution in [0.15, 0.2) is 53.7 Å². The minimum atomic E-state index is -0.684. The third-order valence-corrected chi connectivity index (χ3v) is 6.16. The van der Waals surface area contributed by atoms with Crippen LogP contribution in [0.1, 0.15) is 51.8 Å². The number of benzene rings is 2. The average molecular weight is 505 g/mol. The van der Waals surface area contributed by atoms with Gasteiger partial charge in [0, 0.05) is 17.6 Å². The second-order valence-electron chi connectivity index (χ2n) is 8.94. The van der Waals surface area contributed by atoms with Crippen molar-refractivity contribution in [1.82, 2.24) is 10.2 Å². The first-order valence-corrected chi connectivity index (χ1v) is 12.0. The van der Waals surface area contributed by atoms with Crippen molar-refractivity contribution < 1.29 is 19.1 Å². The average Bonchev–Trinajstić information content (AvgIpc) is 2.78. The van der Waals surface area contributed by atoms with Gasteiger partial charge in [0.05, 0.1) is 28.9 Å². The second kappa shape index (κ2) is 10.7. The predicted octanol–water partition coefficient (Wildman–Crippen LogP) is 6.27. The van der Waals surface area contributed by atoms with Gasteiger partial charge in [0.2, 0.25) is 0 Å². The Morgan fingerprint density at radius 3 is 2.35 bits per heavy atom. The number of carbonyl (C=O) groups excluding carboxylic acids is 2. The van der Waals surface area contributed by atoms with Crippen molar-refractivity contribution in [2.24, 2.45) is 0 Å². The van der Waals surface area contributed by atoms with E-state index >= 15 is 0 Å². The van der Waals surface area contributed by atoms with E-state index in [1.807, 2.05) is 31.2 Å². The van der Waals surface area contributed by atoms with Gasteiger partial charge in [-0.3, -0.25) is 4.90 Å². The molecular formula is C26H30Cl2N2O4. The summed E-state index contributed by atoms with van der Waals surface area (Å²) in [7, 11) is 0. The van der Waals surface area contributed by atoms with E-state index in [9.17, 15) is 9.59 Å². The minimum Gasteiger partial charge on any atom is -0.486 e. The summed E-state index contributed by atoms with van der Waals surface area (Å²) in [4.78, 5) is 27.7. The van der Waals surface area contributed by atoms with E-state index in [1.54, 1.807) is 25.1 Å². The number of hydrogen-bond donors (Lipinski definition) is 1. The van der Waals surface area contributed by atoms with Gasteiger partial charge in [0.25, 0.3) is 0 Å². The molecule has 0 spiro atoms. The molecule has 3 rings (SSSR count). The summed E-state index contributed by atoms with van der Waals surface area (Å²) in [5, 5.41) is 3.79. The van der Waals surface area contributed by atoms with Crippen LogP contribution in [-0.2, 0) is 14.9 Å². The summed E-state index contributed by atoms with van der Waals surface area (Å²) in [5.41, 5.74) is 2.64. The molecule has 1 aliphatic rings. The standard InChI is InChI=1S/C26H30Cl2N2O4/c1-6-30-20(15-34-21-14-18(27)12-13-19(21)28)22(24(31)33-7-2)23(29-25(30)32)16-8-10-17(11-9-16)26(3,4)5/h8-14,23H,6-7,15H2,1-5H3,(H,29,32). The van der Waals surface area contributed by atoms with Gasteiger partial charge < -0.3 is 14.8 Å². The summed E-state index contributed by atoms with van der Waals surface area (Å²) >= 11 is 12.3. The number of rotatable bonds is 7. The lowest BCUT2D eigenvalue weighted by molar-refractivity contribution is -0.139. The molecular weight excluding hydrogens is 475 g/mol. The molecule has 0 fully saturated rings. The van der Waals surface area contributed by atoms with Crippen molar-refractivity contribution in [3.05, 3.63) is 74.9 Å². The maximum absolute atomic E-state index is 13.2. The molecule has 0 saturated heterocycles. The molecule has 6 nitrogen and oxygen atoms in total. The van der Waals surface area contributed by atoms with E-state index in [1.165, 1.54) is 4.90 Å². The van der Waals surface area contributed by atoms with Gasteiger partial charge in [-0.2, -0.15) is 0 Å². The third kappa shape index (κ3) is 5.68. The van der Waals surface area contributed by atoms with Crippen LogP contribution in [0.2, 0.25) is 10.0 Å². The van der Waals surface area contributed by atoms with Crippen LogP contribution in [-0.4, -0.2) is 36.7 Å². The van der Waals surface area contributed by atoms with Gasteiger partial charge in [0.15, 0.2) is 0 Å². The number of amides is 2. The largest absolute Gasteiger partial charge is 0.486 e. The molecule has 1 aliphatic heterocycles. The highest BCUT2D eigenvalue weighted by atomic mass is 35.5. The fraction of sp³-hybridized carbons (Fsp3) is 0.385. The first-order chi connectivity index (χ1) is 16.1. The Morgan fingerprint density at radius 1 is 1.09 bits per heavy atom. The van der Waals surface area contributed by atoms with Gasteiger partial charge in [-0.15, -0.1) is 0 Å². The summed E-state index contributed by atoms with van der Waals surface area (Å²) in [6.45, 7) is 10.4. The number of esters is 1. The summed E-state index contributed by atoms with van der Waals surface area (Å²) < 4.78 is 11.3. The van der Waals surface area contributed by atoms with Gasteiger partial charge >= 0.3 is 12.0 Å². The van der Waals surface area contributed by atoms with E-state index in [0.29, 0.717) is 33.6 Å². The summed E-state index contributed by atoms with van der Waals surface area (Å²) in [6, 6.07) is 11.8. The number of likely N-dealkylation sites (N-methyl/N-ethyl adjacent to an activating group) is 1. The smallest absolute Gasteiger partial charge is 0.338 e. The van der Waals surface area contributed by atoms with Crippen molar-refractivity contribution in [3.8, 4) is 5.75 Å². The van der Waals surface area contributed by atoms with Crippen LogP contribution in [0.25, 0.3) is 0 Å². The van der Waals surface area contributed by atoms with Gasteiger partial charge in [0.1, 0.15) is 12.4 Å². The summed E-state index contributed by atoms with van der Waals surface area (Å²) in [5.74, 6) is -0.153. The first kappa shape index (κ1) is 25.9. The number of hydrogen-bond acceptors (Lipinski definition) is 4. The number of nitrogens with one attached hydrogen (secondary N) is 1. The Kier molecular flexibility index (Phi) is 8.16. The van der Waals surface area contributed by atoms with Crippen LogP contribution in [0.4, 0.5) is 4.79 Å². The van der Waals surface area contributed by atoms with Crippen LogP contribution in [0.3, 0.4) is 0 Å². The zero-order valence-electron chi connectivity index (χ0n) is 20.1. The number of ether oxygens (including phenoxy) is 2. The second-order valence-corrected chi connectivity index (χ2v) is 9.79. The number of halogens is 2. The summed E-state index contributed by atoms with van der Waals surface area (Å²) in [6.07, 6.45) is 0. The molecule has 34 heavy (non-hydrogen) atoms. The zero-order valence-corrected chi connectivity index (χ0v) is 21.6. The van der Waals surface area contributed by atoms with Crippen LogP contribution >= 0.6 is 23.2 Å². The highest BCUT2D eigenvalue weighted by Crippen LogP contribution is 2.34. The number of nitrogens with zero attached hydrogens (tertiary/aromatic N) is 1. The molecule has 1 heterocycles. The molecule has 2 amide bonds. The van der Waals surface area contributed by atoms with Crippen molar-refractivity contribution >= 4 is 35.2 Å². The maximum atomic E-state index is 13.2. The monoisotopic (exact) mass is 504 g/mol. The molecule has 182 valence electrons. The van der Waals surface area contributed by atoms with E-state index in [-0.39, 0.29) is 24.7 Å². The van der Waals surface area contributed by atoms with E-state index in [0.717, 1.165) is 11.1 Å². The molecule has 0 bridgehead atoms. The molecule has 0 aliphatic carbocycles. The van der Waals surface area contributed by atoms with Crippen molar-refractivity contribution in [2.45, 2.75) is 46.1 Å². The lowest BCUT2D eigenvalue weighted by Gasteiger charge is -2.36. The number of urea groups is 1. The highest BCUT2D eigenvalue weighted by molar-refractivity contribution is 6.34. The molecule has 2 aromatic carbocycles. The van der Waals surface area contributed by atoms with E-state index in [2.05, 4.69) is 26.1 Å². The Morgan fingerprint density at radius 2 is 1.76 bits per heavy atom. The van der Waals surface area contributed by atoms with Crippen molar-refractivity contribution in [3.63, 3.8) is 0 Å². The predicted molar refractivity (Wildman–Crippen MR) is 134 cm³/mol. The fourth-order valence-electron chi connectivity index (χ4n) is 3.80. The van der Waals surface area contributed by atoms with Crippen molar-refractivity contribution in [2.75, 3.05) is 19.8 Å². The Balaban J connectivity index is 2.08. The molecule has 8 heteroatoms.